The lowest BCUT2D eigenvalue weighted by molar-refractivity contribution is 0.166. The second-order valence-electron chi connectivity index (χ2n) is 3.87. The van der Waals surface area contributed by atoms with Crippen molar-refractivity contribution in [2.24, 2.45) is 0 Å². The van der Waals surface area contributed by atoms with Gasteiger partial charge in [-0.3, -0.25) is 4.90 Å². The standard InChI is InChI=1S/C10H14Cl2N2S.ClH/c1-7-4-13-2-3-14(7)5-8-6-15-10(12)9(8)11;/h6-7,13H,2-5H2,1H3;1H/t7-;/m0./s1. The first-order chi connectivity index (χ1) is 7.18. The number of nitrogens with zero attached hydrogens (tertiary/aromatic N) is 1. The number of thiophene rings is 1. The van der Waals surface area contributed by atoms with E-state index in [-0.39, 0.29) is 12.4 Å². The Morgan fingerprint density at radius 1 is 1.56 bits per heavy atom. The van der Waals surface area contributed by atoms with Gasteiger partial charge in [0.2, 0.25) is 0 Å². The van der Waals surface area contributed by atoms with Crippen molar-refractivity contribution < 1.29 is 0 Å². The molecule has 16 heavy (non-hydrogen) atoms. The van der Waals surface area contributed by atoms with Crippen molar-refractivity contribution in [3.63, 3.8) is 0 Å². The molecule has 0 aliphatic carbocycles. The van der Waals surface area contributed by atoms with E-state index in [2.05, 4.69) is 22.5 Å². The first-order valence-electron chi connectivity index (χ1n) is 5.04. The first-order valence-corrected chi connectivity index (χ1v) is 6.68. The van der Waals surface area contributed by atoms with Crippen LogP contribution < -0.4 is 5.32 Å². The molecule has 1 atom stereocenters. The molecule has 1 aromatic rings. The molecule has 2 rings (SSSR count). The highest BCUT2D eigenvalue weighted by Crippen LogP contribution is 2.33. The number of piperazine rings is 1. The summed E-state index contributed by atoms with van der Waals surface area (Å²) in [6.07, 6.45) is 0. The number of halogens is 3. The minimum atomic E-state index is 0. The van der Waals surface area contributed by atoms with Crippen LogP contribution in [-0.2, 0) is 6.54 Å². The fraction of sp³-hybridized carbons (Fsp3) is 0.600. The molecule has 0 saturated carbocycles. The summed E-state index contributed by atoms with van der Waals surface area (Å²) >= 11 is 13.6. The van der Waals surface area contributed by atoms with Crippen LogP contribution in [0.15, 0.2) is 5.38 Å². The monoisotopic (exact) mass is 300 g/mol. The SMILES string of the molecule is C[C@H]1CNCCN1Cc1csc(Cl)c1Cl.Cl. The molecular formula is C10H15Cl3N2S. The lowest BCUT2D eigenvalue weighted by atomic mass is 10.2. The van der Waals surface area contributed by atoms with Crippen LogP contribution in [0.3, 0.4) is 0 Å². The van der Waals surface area contributed by atoms with Gasteiger partial charge in [-0.05, 0) is 17.9 Å². The number of nitrogens with one attached hydrogen (secondary N) is 1. The molecule has 92 valence electrons. The van der Waals surface area contributed by atoms with Gasteiger partial charge in [0.25, 0.3) is 0 Å². The summed E-state index contributed by atoms with van der Waals surface area (Å²) in [5, 5.41) is 6.16. The zero-order valence-corrected chi connectivity index (χ0v) is 12.1. The normalized spacial score (nSPS) is 21.8. The van der Waals surface area contributed by atoms with E-state index in [1.165, 1.54) is 11.3 Å². The van der Waals surface area contributed by atoms with Gasteiger partial charge in [-0.2, -0.15) is 0 Å². The van der Waals surface area contributed by atoms with E-state index in [9.17, 15) is 0 Å². The van der Waals surface area contributed by atoms with E-state index in [0.717, 1.165) is 36.8 Å². The largest absolute Gasteiger partial charge is 0.314 e. The van der Waals surface area contributed by atoms with E-state index < -0.39 is 0 Å². The van der Waals surface area contributed by atoms with Gasteiger partial charge in [-0.15, -0.1) is 23.7 Å². The Balaban J connectivity index is 0.00000128. The molecule has 0 spiro atoms. The Morgan fingerprint density at radius 3 is 2.88 bits per heavy atom. The molecular weight excluding hydrogens is 287 g/mol. The average Bonchev–Trinajstić information content (AvgIpc) is 2.53. The van der Waals surface area contributed by atoms with Gasteiger partial charge in [0.05, 0.1) is 5.02 Å². The summed E-state index contributed by atoms with van der Waals surface area (Å²) < 4.78 is 0.703. The Labute approximate surface area is 116 Å². The lowest BCUT2D eigenvalue weighted by Crippen LogP contribution is -2.49. The predicted octanol–water partition coefficient (Wildman–Crippen LogP) is 3.27. The Hall–Kier alpha value is 0.490. The molecule has 6 heteroatoms. The molecule has 0 unspecified atom stereocenters. The molecule has 1 fully saturated rings. The number of hydrogen-bond acceptors (Lipinski definition) is 3. The van der Waals surface area contributed by atoms with Gasteiger partial charge >= 0.3 is 0 Å². The zero-order chi connectivity index (χ0) is 10.8. The van der Waals surface area contributed by atoms with Crippen LogP contribution in [0, 0.1) is 0 Å². The highest BCUT2D eigenvalue weighted by atomic mass is 35.5. The third kappa shape index (κ3) is 3.25. The maximum absolute atomic E-state index is 6.11. The molecule has 1 aliphatic heterocycles. The van der Waals surface area contributed by atoms with E-state index in [1.54, 1.807) is 0 Å². The van der Waals surface area contributed by atoms with Crippen molar-refractivity contribution in [1.82, 2.24) is 10.2 Å². The van der Waals surface area contributed by atoms with Crippen molar-refractivity contribution >= 4 is 46.9 Å². The fourth-order valence-corrected chi connectivity index (χ4v) is 3.04. The first kappa shape index (κ1) is 14.6. The van der Waals surface area contributed by atoms with Crippen molar-refractivity contribution in [2.45, 2.75) is 19.5 Å². The zero-order valence-electron chi connectivity index (χ0n) is 9.00. The summed E-state index contributed by atoms with van der Waals surface area (Å²) in [6, 6.07) is 0.563. The summed E-state index contributed by atoms with van der Waals surface area (Å²) in [5.41, 5.74) is 1.15. The third-order valence-corrected chi connectivity index (χ3v) is 4.68. The highest BCUT2D eigenvalue weighted by molar-refractivity contribution is 7.15. The van der Waals surface area contributed by atoms with Gasteiger partial charge in [-0.1, -0.05) is 23.2 Å². The highest BCUT2D eigenvalue weighted by Gasteiger charge is 2.19. The van der Waals surface area contributed by atoms with Gasteiger partial charge in [0.1, 0.15) is 4.34 Å². The quantitative estimate of drug-likeness (QED) is 0.902. The van der Waals surface area contributed by atoms with Gasteiger partial charge in [0.15, 0.2) is 0 Å². The molecule has 1 aliphatic rings. The number of rotatable bonds is 2. The van der Waals surface area contributed by atoms with Crippen molar-refractivity contribution in [3.05, 3.63) is 20.3 Å². The summed E-state index contributed by atoms with van der Waals surface area (Å²) in [7, 11) is 0. The molecule has 1 aromatic heterocycles. The number of hydrogen-bond donors (Lipinski definition) is 1. The average molecular weight is 302 g/mol. The molecule has 2 nitrogen and oxygen atoms in total. The fourth-order valence-electron chi connectivity index (χ4n) is 1.80. The second-order valence-corrected chi connectivity index (χ2v) is 5.73. The molecule has 1 N–H and O–H groups in total. The van der Waals surface area contributed by atoms with Crippen LogP contribution in [0.2, 0.25) is 9.36 Å². The van der Waals surface area contributed by atoms with Crippen molar-refractivity contribution in [1.29, 1.82) is 0 Å². The van der Waals surface area contributed by atoms with E-state index in [0.29, 0.717) is 10.4 Å². The van der Waals surface area contributed by atoms with E-state index in [1.807, 2.05) is 0 Å². The van der Waals surface area contributed by atoms with Crippen LogP contribution in [-0.4, -0.2) is 30.6 Å². The van der Waals surface area contributed by atoms with E-state index >= 15 is 0 Å². The minimum Gasteiger partial charge on any atom is -0.314 e. The van der Waals surface area contributed by atoms with Crippen LogP contribution in [0.4, 0.5) is 0 Å². The smallest absolute Gasteiger partial charge is 0.112 e. The Kier molecular flexibility index (Phi) is 5.85. The van der Waals surface area contributed by atoms with E-state index in [4.69, 9.17) is 23.2 Å². The molecule has 2 heterocycles. The van der Waals surface area contributed by atoms with Gasteiger partial charge in [0, 0.05) is 32.2 Å². The van der Waals surface area contributed by atoms with Crippen LogP contribution in [0.25, 0.3) is 0 Å². The molecule has 0 amide bonds. The van der Waals surface area contributed by atoms with Crippen molar-refractivity contribution in [3.8, 4) is 0 Å². The van der Waals surface area contributed by atoms with Gasteiger partial charge < -0.3 is 5.32 Å². The summed E-state index contributed by atoms with van der Waals surface area (Å²) in [4.78, 5) is 2.43. The molecule has 1 saturated heterocycles. The van der Waals surface area contributed by atoms with Crippen LogP contribution in [0.5, 0.6) is 0 Å². The molecule has 0 radical (unpaired) electrons. The lowest BCUT2D eigenvalue weighted by Gasteiger charge is -2.33. The van der Waals surface area contributed by atoms with Crippen LogP contribution >= 0.6 is 46.9 Å². The summed E-state index contributed by atoms with van der Waals surface area (Å²) in [6.45, 7) is 6.32. The van der Waals surface area contributed by atoms with Crippen molar-refractivity contribution in [2.75, 3.05) is 19.6 Å². The predicted molar refractivity (Wildman–Crippen MR) is 74.3 cm³/mol. The molecule has 0 bridgehead atoms. The van der Waals surface area contributed by atoms with Crippen LogP contribution in [0.1, 0.15) is 12.5 Å². The second kappa shape index (κ2) is 6.43. The van der Waals surface area contributed by atoms with Gasteiger partial charge in [-0.25, -0.2) is 0 Å². The Morgan fingerprint density at radius 2 is 2.31 bits per heavy atom. The minimum absolute atomic E-state index is 0. The maximum Gasteiger partial charge on any atom is 0.112 e. The summed E-state index contributed by atoms with van der Waals surface area (Å²) in [5.74, 6) is 0. The Bertz CT molecular complexity index is 343. The molecule has 0 aromatic carbocycles. The maximum atomic E-state index is 6.11. The third-order valence-electron chi connectivity index (χ3n) is 2.77. The topological polar surface area (TPSA) is 15.3 Å².